The van der Waals surface area contributed by atoms with Crippen molar-refractivity contribution < 1.29 is 18.1 Å². The monoisotopic (exact) mass is 574 g/mol. The lowest BCUT2D eigenvalue weighted by Gasteiger charge is -2.27. The Kier molecular flexibility index (Phi) is 8.10. The number of carbonyl (C=O) groups is 1. The van der Waals surface area contributed by atoms with Crippen molar-refractivity contribution in [3.8, 4) is 22.8 Å². The summed E-state index contributed by atoms with van der Waals surface area (Å²) in [5.74, 6) is -0.354. The van der Waals surface area contributed by atoms with E-state index >= 15 is 0 Å². The second-order valence-electron chi connectivity index (χ2n) is 10.3. The van der Waals surface area contributed by atoms with Crippen LogP contribution in [-0.2, 0) is 11.3 Å². The lowest BCUT2D eigenvalue weighted by Crippen LogP contribution is -2.38. The minimum absolute atomic E-state index is 0.0257. The Bertz CT molecular complexity index is 1560. The summed E-state index contributed by atoms with van der Waals surface area (Å²) in [6.07, 6.45) is 4.43. The van der Waals surface area contributed by atoms with Crippen molar-refractivity contribution in [1.82, 2.24) is 35.0 Å². The van der Waals surface area contributed by atoms with Crippen LogP contribution in [0.5, 0.6) is 0 Å². The molecule has 11 nitrogen and oxygen atoms in total. The number of carbonyl (C=O) groups excluding carboxylic acids is 1. The van der Waals surface area contributed by atoms with Crippen molar-refractivity contribution in [3.05, 3.63) is 40.1 Å². The van der Waals surface area contributed by atoms with E-state index in [1.165, 1.54) is 6.20 Å². The highest BCUT2D eigenvalue weighted by Crippen LogP contribution is 2.36. The molecule has 0 spiro atoms. The molecule has 1 aliphatic carbocycles. The molecule has 4 heterocycles. The SMILES string of the molecule is CC1CCC(Cn2c(N[C@H](C)CNC(=O)C(F)F)nc3cc(-c4noc(=O)[nH]4)nc(-c4cncc(Cl)c4)c32)CC1. The molecule has 14 heteroatoms. The highest BCUT2D eigenvalue weighted by Gasteiger charge is 2.25. The number of hydrogen-bond donors (Lipinski definition) is 3. The van der Waals surface area contributed by atoms with Gasteiger partial charge in [-0.15, -0.1) is 0 Å². The molecule has 0 aliphatic heterocycles. The molecule has 1 aliphatic rings. The largest absolute Gasteiger partial charge is 0.439 e. The minimum Gasteiger partial charge on any atom is -0.351 e. The van der Waals surface area contributed by atoms with E-state index in [9.17, 15) is 18.4 Å². The fraction of sp³-hybridized carbons (Fsp3) is 0.462. The van der Waals surface area contributed by atoms with Gasteiger partial charge in [0.05, 0.1) is 21.7 Å². The lowest BCUT2D eigenvalue weighted by atomic mass is 9.83. The number of nitrogens with one attached hydrogen (secondary N) is 3. The Morgan fingerprint density at radius 1 is 1.23 bits per heavy atom. The maximum atomic E-state index is 12.7. The Morgan fingerprint density at radius 2 is 2.00 bits per heavy atom. The molecule has 1 fully saturated rings. The van der Waals surface area contributed by atoms with Gasteiger partial charge in [-0.2, -0.15) is 8.78 Å². The number of halogens is 3. The van der Waals surface area contributed by atoms with Crippen LogP contribution in [0.4, 0.5) is 14.7 Å². The van der Waals surface area contributed by atoms with E-state index in [4.69, 9.17) is 21.6 Å². The van der Waals surface area contributed by atoms with Crippen LogP contribution in [0.25, 0.3) is 33.8 Å². The fourth-order valence-corrected chi connectivity index (χ4v) is 5.19. The summed E-state index contributed by atoms with van der Waals surface area (Å²) < 4.78 is 32.1. The molecule has 40 heavy (non-hydrogen) atoms. The van der Waals surface area contributed by atoms with Gasteiger partial charge in [0.15, 0.2) is 0 Å². The number of aromatic nitrogens is 6. The molecular weight excluding hydrogens is 546 g/mol. The number of imidazole rings is 1. The molecule has 0 radical (unpaired) electrons. The van der Waals surface area contributed by atoms with E-state index in [0.717, 1.165) is 25.7 Å². The number of pyridine rings is 2. The summed E-state index contributed by atoms with van der Waals surface area (Å²) in [5.41, 5.74) is 2.75. The summed E-state index contributed by atoms with van der Waals surface area (Å²) in [6, 6.07) is 3.01. The average Bonchev–Trinajstić information content (AvgIpc) is 3.51. The molecule has 4 aromatic rings. The first-order valence-electron chi connectivity index (χ1n) is 13.1. The van der Waals surface area contributed by atoms with Crippen LogP contribution in [0.15, 0.2) is 33.8 Å². The number of hydrogen-bond acceptors (Lipinski definition) is 8. The lowest BCUT2D eigenvalue weighted by molar-refractivity contribution is -0.131. The minimum atomic E-state index is -3.09. The van der Waals surface area contributed by atoms with E-state index < -0.39 is 24.1 Å². The summed E-state index contributed by atoms with van der Waals surface area (Å²) >= 11 is 6.28. The molecule has 4 aromatic heterocycles. The fourth-order valence-electron chi connectivity index (χ4n) is 5.02. The quantitative estimate of drug-likeness (QED) is 0.265. The topological polar surface area (TPSA) is 144 Å². The van der Waals surface area contributed by atoms with E-state index in [2.05, 4.69) is 37.2 Å². The molecule has 3 N–H and O–H groups in total. The first kappa shape index (κ1) is 27.7. The van der Waals surface area contributed by atoms with Gasteiger partial charge >= 0.3 is 12.2 Å². The van der Waals surface area contributed by atoms with Gasteiger partial charge in [-0.3, -0.25) is 19.3 Å². The highest BCUT2D eigenvalue weighted by atomic mass is 35.5. The standard InChI is InChI=1S/C26H29ClF2N8O3/c1-13-3-5-15(6-4-13)12-37-21-18(34-25(37)32-14(2)9-31-24(38)22(28)29)8-19(23-35-26(39)40-36-23)33-20(21)16-7-17(27)11-30-10-16/h7-8,10-11,13-15,22H,3-6,9,12H2,1-2H3,(H,31,38)(H,32,34)(H,35,36,39)/t13?,14-,15?/m1/s1. The van der Waals surface area contributed by atoms with Crippen molar-refractivity contribution in [2.75, 3.05) is 11.9 Å². The molecule has 212 valence electrons. The number of fused-ring (bicyclic) bond motifs is 1. The van der Waals surface area contributed by atoms with Crippen molar-refractivity contribution in [1.29, 1.82) is 0 Å². The zero-order valence-corrected chi connectivity index (χ0v) is 22.7. The van der Waals surface area contributed by atoms with Gasteiger partial charge in [-0.1, -0.05) is 36.5 Å². The first-order valence-corrected chi connectivity index (χ1v) is 13.5. The third-order valence-electron chi connectivity index (χ3n) is 7.12. The maximum absolute atomic E-state index is 12.7. The average molecular weight is 575 g/mol. The Labute approximate surface area is 232 Å². The van der Waals surface area contributed by atoms with Gasteiger partial charge in [-0.25, -0.2) is 14.8 Å². The first-order chi connectivity index (χ1) is 19.2. The molecular formula is C26H29ClF2N8O3. The van der Waals surface area contributed by atoms with Crippen LogP contribution in [-0.4, -0.2) is 54.6 Å². The van der Waals surface area contributed by atoms with Gasteiger partial charge in [0.2, 0.25) is 11.8 Å². The number of amides is 1. The summed E-state index contributed by atoms with van der Waals surface area (Å²) in [5, 5.41) is 9.72. The van der Waals surface area contributed by atoms with Crippen LogP contribution in [0.2, 0.25) is 5.02 Å². The molecule has 1 amide bonds. The number of aromatic amines is 1. The van der Waals surface area contributed by atoms with E-state index in [-0.39, 0.29) is 12.4 Å². The second-order valence-corrected chi connectivity index (χ2v) is 10.8. The molecule has 0 bridgehead atoms. The van der Waals surface area contributed by atoms with Gasteiger partial charge in [0.1, 0.15) is 5.69 Å². The zero-order valence-electron chi connectivity index (χ0n) is 22.0. The smallest absolute Gasteiger partial charge is 0.351 e. The van der Waals surface area contributed by atoms with Crippen molar-refractivity contribution in [2.45, 2.75) is 58.5 Å². The van der Waals surface area contributed by atoms with Crippen molar-refractivity contribution in [2.24, 2.45) is 11.8 Å². The second kappa shape index (κ2) is 11.7. The third kappa shape index (κ3) is 6.14. The van der Waals surface area contributed by atoms with Crippen molar-refractivity contribution >= 4 is 34.5 Å². The van der Waals surface area contributed by atoms with E-state index in [1.54, 1.807) is 25.3 Å². The highest BCUT2D eigenvalue weighted by molar-refractivity contribution is 6.30. The van der Waals surface area contributed by atoms with Crippen LogP contribution in [0.1, 0.15) is 39.5 Å². The number of alkyl halides is 2. The predicted octanol–water partition coefficient (Wildman–Crippen LogP) is 4.50. The Morgan fingerprint density at radius 3 is 2.67 bits per heavy atom. The number of rotatable bonds is 9. The van der Waals surface area contributed by atoms with Gasteiger partial charge < -0.3 is 15.2 Å². The van der Waals surface area contributed by atoms with Crippen LogP contribution < -0.4 is 16.4 Å². The molecule has 1 atom stereocenters. The third-order valence-corrected chi connectivity index (χ3v) is 7.32. The Hall–Kier alpha value is -3.87. The molecule has 0 aromatic carbocycles. The van der Waals surface area contributed by atoms with Crippen LogP contribution in [0, 0.1) is 11.8 Å². The van der Waals surface area contributed by atoms with Crippen molar-refractivity contribution in [3.63, 3.8) is 0 Å². The zero-order chi connectivity index (χ0) is 28.4. The summed E-state index contributed by atoms with van der Waals surface area (Å²) in [4.78, 5) is 39.5. The van der Waals surface area contributed by atoms with Gasteiger partial charge in [0, 0.05) is 37.1 Å². The maximum Gasteiger partial charge on any atom is 0.439 e. The summed E-state index contributed by atoms with van der Waals surface area (Å²) in [7, 11) is 0. The molecule has 5 rings (SSSR count). The van der Waals surface area contributed by atoms with Gasteiger partial charge in [0.25, 0.3) is 5.91 Å². The van der Waals surface area contributed by atoms with E-state index in [0.29, 0.717) is 57.3 Å². The molecule has 0 saturated heterocycles. The number of anilines is 1. The van der Waals surface area contributed by atoms with Crippen LogP contribution in [0.3, 0.4) is 0 Å². The predicted molar refractivity (Wildman–Crippen MR) is 145 cm³/mol. The van der Waals surface area contributed by atoms with Crippen LogP contribution >= 0.6 is 11.6 Å². The summed E-state index contributed by atoms with van der Waals surface area (Å²) in [6.45, 7) is 4.64. The molecule has 0 unspecified atom stereocenters. The normalized spacial score (nSPS) is 18.2. The van der Waals surface area contributed by atoms with E-state index in [1.807, 2.05) is 4.57 Å². The number of nitrogens with zero attached hydrogens (tertiary/aromatic N) is 5. The van der Waals surface area contributed by atoms with Gasteiger partial charge in [-0.05, 0) is 43.7 Å². The number of H-pyrrole nitrogens is 1. The molecule has 1 saturated carbocycles. The Balaban J connectivity index is 1.62.